The summed E-state index contributed by atoms with van der Waals surface area (Å²) in [6.07, 6.45) is 1.80. The van der Waals surface area contributed by atoms with Crippen molar-refractivity contribution in [3.05, 3.63) is 90.8 Å². The fourth-order valence-electron chi connectivity index (χ4n) is 2.74. The van der Waals surface area contributed by atoms with Gasteiger partial charge in [0.05, 0.1) is 10.5 Å². The van der Waals surface area contributed by atoms with E-state index >= 15 is 0 Å². The molecule has 152 valence electrons. The van der Waals surface area contributed by atoms with Crippen LogP contribution in [0.15, 0.2) is 66.0 Å². The predicted octanol–water partition coefficient (Wildman–Crippen LogP) is 7.45. The molecule has 0 bridgehead atoms. The summed E-state index contributed by atoms with van der Waals surface area (Å²) in [4.78, 5) is 18.4. The molecular weight excluding hydrogens is 561 g/mol. The standard InChI is InChI=1S/C23H13ClIN3OS2/c24-17-7-5-15(6-8-17)21(29)28-23-20(19-2-1-11-30-19)27-22(31-23)16(13-26)12-14-3-9-18(25)10-4-14/h1-12H,(H,28,29). The molecule has 2 aromatic carbocycles. The molecule has 1 amide bonds. The van der Waals surface area contributed by atoms with Gasteiger partial charge in [0, 0.05) is 14.2 Å². The fourth-order valence-corrected chi connectivity index (χ4v) is 4.96. The molecule has 0 atom stereocenters. The quantitative estimate of drug-likeness (QED) is 0.199. The molecule has 1 N–H and O–H groups in total. The molecule has 2 aromatic heterocycles. The van der Waals surface area contributed by atoms with Crippen molar-refractivity contribution in [3.8, 4) is 16.6 Å². The molecule has 0 aliphatic heterocycles. The molecule has 31 heavy (non-hydrogen) atoms. The fraction of sp³-hybridized carbons (Fsp3) is 0. The number of amides is 1. The first kappa shape index (κ1) is 21.7. The number of thiophene rings is 1. The number of hydrogen-bond acceptors (Lipinski definition) is 5. The van der Waals surface area contributed by atoms with E-state index in [9.17, 15) is 10.1 Å². The van der Waals surface area contributed by atoms with Crippen molar-refractivity contribution in [3.63, 3.8) is 0 Å². The summed E-state index contributed by atoms with van der Waals surface area (Å²) in [6.45, 7) is 0. The van der Waals surface area contributed by atoms with Crippen LogP contribution >= 0.6 is 56.9 Å². The highest BCUT2D eigenvalue weighted by atomic mass is 127. The van der Waals surface area contributed by atoms with Gasteiger partial charge in [0.1, 0.15) is 21.8 Å². The lowest BCUT2D eigenvalue weighted by Gasteiger charge is -2.04. The monoisotopic (exact) mass is 573 g/mol. The van der Waals surface area contributed by atoms with Crippen molar-refractivity contribution in [1.29, 1.82) is 5.26 Å². The minimum Gasteiger partial charge on any atom is -0.312 e. The van der Waals surface area contributed by atoms with Gasteiger partial charge in [-0.2, -0.15) is 5.26 Å². The maximum Gasteiger partial charge on any atom is 0.256 e. The SMILES string of the molecule is N#CC(=Cc1ccc(I)cc1)c1nc(-c2cccs2)c(NC(=O)c2ccc(Cl)cc2)s1. The van der Waals surface area contributed by atoms with E-state index in [1.165, 1.54) is 22.7 Å². The highest BCUT2D eigenvalue weighted by molar-refractivity contribution is 14.1. The van der Waals surface area contributed by atoms with Gasteiger partial charge in [-0.15, -0.1) is 11.3 Å². The third-order valence-corrected chi connectivity index (χ3v) is 7.10. The van der Waals surface area contributed by atoms with Crippen LogP contribution < -0.4 is 5.32 Å². The van der Waals surface area contributed by atoms with Crippen molar-refractivity contribution in [2.75, 3.05) is 5.32 Å². The summed E-state index contributed by atoms with van der Waals surface area (Å²) < 4.78 is 1.12. The Labute approximate surface area is 206 Å². The summed E-state index contributed by atoms with van der Waals surface area (Å²) in [5.74, 6) is -0.259. The van der Waals surface area contributed by atoms with E-state index in [0.29, 0.717) is 31.9 Å². The Morgan fingerprint density at radius 3 is 2.52 bits per heavy atom. The van der Waals surface area contributed by atoms with Gasteiger partial charge in [0.2, 0.25) is 0 Å². The minimum atomic E-state index is -0.259. The molecule has 0 radical (unpaired) electrons. The van der Waals surface area contributed by atoms with Gasteiger partial charge in [0.25, 0.3) is 5.91 Å². The van der Waals surface area contributed by atoms with Crippen LogP contribution in [0.25, 0.3) is 22.2 Å². The number of rotatable bonds is 5. The van der Waals surface area contributed by atoms with Crippen molar-refractivity contribution in [2.45, 2.75) is 0 Å². The van der Waals surface area contributed by atoms with Crippen LogP contribution in [0.1, 0.15) is 20.9 Å². The van der Waals surface area contributed by atoms with E-state index in [-0.39, 0.29) is 5.91 Å². The number of nitrogens with zero attached hydrogens (tertiary/aromatic N) is 2. The lowest BCUT2D eigenvalue weighted by molar-refractivity contribution is 0.102. The number of nitrogens with one attached hydrogen (secondary N) is 1. The van der Waals surface area contributed by atoms with Gasteiger partial charge in [-0.25, -0.2) is 4.98 Å². The molecule has 0 unspecified atom stereocenters. The third kappa shape index (κ3) is 5.22. The Kier molecular flexibility index (Phi) is 6.83. The molecule has 0 saturated carbocycles. The topological polar surface area (TPSA) is 65.8 Å². The lowest BCUT2D eigenvalue weighted by Crippen LogP contribution is -2.11. The third-order valence-electron chi connectivity index (χ3n) is 4.25. The summed E-state index contributed by atoms with van der Waals surface area (Å²) in [5, 5.41) is 16.4. The van der Waals surface area contributed by atoms with Crippen LogP contribution in [-0.2, 0) is 0 Å². The number of carbonyl (C=O) groups is 1. The van der Waals surface area contributed by atoms with E-state index in [0.717, 1.165) is 14.0 Å². The number of halogens is 2. The smallest absolute Gasteiger partial charge is 0.256 e. The Balaban J connectivity index is 1.71. The van der Waals surface area contributed by atoms with Crippen molar-refractivity contribution >= 4 is 79.4 Å². The number of anilines is 1. The second-order valence-corrected chi connectivity index (χ2v) is 9.99. The number of allylic oxidation sites excluding steroid dienone is 1. The number of carbonyl (C=O) groups excluding carboxylic acids is 1. The largest absolute Gasteiger partial charge is 0.312 e. The van der Waals surface area contributed by atoms with Gasteiger partial charge in [-0.3, -0.25) is 4.79 Å². The first-order chi connectivity index (χ1) is 15.0. The summed E-state index contributed by atoms with van der Waals surface area (Å²) >= 11 is 11.0. The van der Waals surface area contributed by atoms with E-state index in [2.05, 4.69) is 34.0 Å². The van der Waals surface area contributed by atoms with Crippen molar-refractivity contribution in [1.82, 2.24) is 4.98 Å². The molecule has 0 fully saturated rings. The van der Waals surface area contributed by atoms with E-state index in [4.69, 9.17) is 16.6 Å². The Morgan fingerprint density at radius 1 is 1.13 bits per heavy atom. The number of hydrogen-bond donors (Lipinski definition) is 1. The Hall–Kier alpha value is -2.51. The van der Waals surface area contributed by atoms with Gasteiger partial charge in [-0.05, 0) is 82.1 Å². The average Bonchev–Trinajstić information content (AvgIpc) is 3.44. The maximum atomic E-state index is 12.8. The minimum absolute atomic E-state index is 0.259. The van der Waals surface area contributed by atoms with Gasteiger partial charge in [0.15, 0.2) is 0 Å². The number of benzene rings is 2. The molecule has 0 saturated heterocycles. The second kappa shape index (κ2) is 9.75. The molecular formula is C23H13ClIN3OS2. The summed E-state index contributed by atoms with van der Waals surface area (Å²) in [5.41, 5.74) is 2.50. The first-order valence-corrected chi connectivity index (χ1v) is 12.2. The Bertz CT molecular complexity index is 1290. The second-order valence-electron chi connectivity index (χ2n) is 6.36. The van der Waals surface area contributed by atoms with E-state index < -0.39 is 0 Å². The van der Waals surface area contributed by atoms with Gasteiger partial charge in [-0.1, -0.05) is 41.1 Å². The van der Waals surface area contributed by atoms with Crippen LogP contribution in [0.4, 0.5) is 5.00 Å². The molecule has 8 heteroatoms. The zero-order valence-corrected chi connectivity index (χ0v) is 20.3. The summed E-state index contributed by atoms with van der Waals surface area (Å²) in [6, 6.07) is 20.7. The molecule has 0 aliphatic rings. The number of nitriles is 1. The normalized spacial score (nSPS) is 11.2. The average molecular weight is 574 g/mol. The van der Waals surface area contributed by atoms with E-state index in [1.54, 1.807) is 30.3 Å². The van der Waals surface area contributed by atoms with Crippen LogP contribution in [0, 0.1) is 14.9 Å². The zero-order chi connectivity index (χ0) is 21.8. The molecule has 4 aromatic rings. The highest BCUT2D eigenvalue weighted by Crippen LogP contribution is 2.38. The van der Waals surface area contributed by atoms with Gasteiger partial charge >= 0.3 is 0 Å². The zero-order valence-electron chi connectivity index (χ0n) is 15.8. The van der Waals surface area contributed by atoms with Crippen LogP contribution in [0.3, 0.4) is 0 Å². The highest BCUT2D eigenvalue weighted by Gasteiger charge is 2.19. The Morgan fingerprint density at radius 2 is 1.87 bits per heavy atom. The van der Waals surface area contributed by atoms with Crippen LogP contribution in [0.5, 0.6) is 0 Å². The van der Waals surface area contributed by atoms with E-state index in [1.807, 2.05) is 41.8 Å². The molecule has 0 spiro atoms. The predicted molar refractivity (Wildman–Crippen MR) is 137 cm³/mol. The summed E-state index contributed by atoms with van der Waals surface area (Å²) in [7, 11) is 0. The molecule has 4 rings (SSSR count). The first-order valence-electron chi connectivity index (χ1n) is 9.03. The molecule has 2 heterocycles. The molecule has 4 nitrogen and oxygen atoms in total. The number of aromatic nitrogens is 1. The van der Waals surface area contributed by atoms with Crippen molar-refractivity contribution in [2.24, 2.45) is 0 Å². The lowest BCUT2D eigenvalue weighted by atomic mass is 10.1. The van der Waals surface area contributed by atoms with Crippen LogP contribution in [0.2, 0.25) is 5.02 Å². The van der Waals surface area contributed by atoms with Crippen LogP contribution in [-0.4, -0.2) is 10.9 Å². The molecule has 0 aliphatic carbocycles. The number of thiazole rings is 1. The van der Waals surface area contributed by atoms with Gasteiger partial charge < -0.3 is 5.32 Å². The van der Waals surface area contributed by atoms with Crippen molar-refractivity contribution < 1.29 is 4.79 Å². The maximum absolute atomic E-state index is 12.8.